The van der Waals surface area contributed by atoms with Gasteiger partial charge in [0.15, 0.2) is 0 Å². The molecule has 0 aliphatic heterocycles. The van der Waals surface area contributed by atoms with Gasteiger partial charge in [-0.3, -0.25) is 0 Å². The zero-order chi connectivity index (χ0) is 16.0. The van der Waals surface area contributed by atoms with Gasteiger partial charge in [0.25, 0.3) is 0 Å². The van der Waals surface area contributed by atoms with E-state index in [0.29, 0.717) is 24.6 Å². The van der Waals surface area contributed by atoms with Crippen LogP contribution in [0.2, 0.25) is 0 Å². The highest BCUT2D eigenvalue weighted by Gasteiger charge is 2.16. The highest BCUT2D eigenvalue weighted by Crippen LogP contribution is 2.15. The molecule has 4 nitrogen and oxygen atoms in total. The van der Waals surface area contributed by atoms with Crippen LogP contribution in [0.25, 0.3) is 0 Å². The first-order chi connectivity index (χ1) is 9.72. The van der Waals surface area contributed by atoms with Crippen LogP contribution in [0, 0.1) is 11.7 Å². The molecule has 0 amide bonds. The van der Waals surface area contributed by atoms with Crippen LogP contribution in [0.4, 0.5) is 4.39 Å². The van der Waals surface area contributed by atoms with E-state index in [4.69, 9.17) is 0 Å². The van der Waals surface area contributed by atoms with Crippen molar-refractivity contribution in [2.75, 3.05) is 6.54 Å². The van der Waals surface area contributed by atoms with Gasteiger partial charge in [-0.25, -0.2) is 17.5 Å². The fourth-order valence-corrected chi connectivity index (χ4v) is 2.83. The smallest absolute Gasteiger partial charge is 0.240 e. The van der Waals surface area contributed by atoms with Gasteiger partial charge >= 0.3 is 0 Å². The van der Waals surface area contributed by atoms with Crippen LogP contribution in [0.3, 0.4) is 0 Å². The molecule has 0 heterocycles. The molecule has 0 aliphatic carbocycles. The van der Waals surface area contributed by atoms with Crippen molar-refractivity contribution in [2.45, 2.75) is 51.6 Å². The minimum atomic E-state index is -3.58. The van der Waals surface area contributed by atoms with Crippen LogP contribution in [0.5, 0.6) is 0 Å². The lowest BCUT2D eigenvalue weighted by Crippen LogP contribution is -2.26. The maximum Gasteiger partial charge on any atom is 0.240 e. The van der Waals surface area contributed by atoms with Crippen molar-refractivity contribution in [3.63, 3.8) is 0 Å². The number of nitrogens with one attached hydrogen (secondary N) is 2. The van der Waals surface area contributed by atoms with Crippen molar-refractivity contribution in [2.24, 2.45) is 5.92 Å². The van der Waals surface area contributed by atoms with Crippen molar-refractivity contribution < 1.29 is 12.8 Å². The van der Waals surface area contributed by atoms with Gasteiger partial charge in [-0.1, -0.05) is 27.7 Å². The lowest BCUT2D eigenvalue weighted by atomic mass is 10.1. The molecular formula is C15H25FN2O2S. The molecule has 120 valence electrons. The Hall–Kier alpha value is -0.980. The van der Waals surface area contributed by atoms with Crippen LogP contribution in [0.1, 0.15) is 39.7 Å². The predicted molar refractivity (Wildman–Crippen MR) is 83.0 cm³/mol. The molecule has 0 radical (unpaired) electrons. The van der Waals surface area contributed by atoms with Crippen molar-refractivity contribution >= 4 is 10.0 Å². The molecule has 1 rings (SSSR count). The average molecular weight is 316 g/mol. The number of benzene rings is 1. The van der Waals surface area contributed by atoms with E-state index >= 15 is 0 Å². The summed E-state index contributed by atoms with van der Waals surface area (Å²) in [5.41, 5.74) is 0.357. The molecule has 0 fully saturated rings. The summed E-state index contributed by atoms with van der Waals surface area (Å²) in [5, 5.41) is 3.08. The third kappa shape index (κ3) is 6.11. The monoisotopic (exact) mass is 316 g/mol. The predicted octanol–water partition coefficient (Wildman–Crippen LogP) is 2.65. The fraction of sp³-hybridized carbons (Fsp3) is 0.600. The second-order valence-electron chi connectivity index (χ2n) is 5.87. The quantitative estimate of drug-likeness (QED) is 0.775. The minimum Gasteiger partial charge on any atom is -0.310 e. The van der Waals surface area contributed by atoms with Crippen LogP contribution in [-0.4, -0.2) is 21.0 Å². The molecule has 0 spiro atoms. The lowest BCUT2D eigenvalue weighted by molar-refractivity contribution is 0.545. The molecule has 1 aromatic carbocycles. The highest BCUT2D eigenvalue weighted by molar-refractivity contribution is 7.89. The first-order valence-corrected chi connectivity index (χ1v) is 8.72. The van der Waals surface area contributed by atoms with Gasteiger partial charge in [0.05, 0.1) is 4.90 Å². The number of sulfonamides is 1. The Kier molecular flexibility index (Phi) is 6.77. The van der Waals surface area contributed by atoms with Crippen molar-refractivity contribution in [3.05, 3.63) is 29.6 Å². The number of rotatable bonds is 8. The second kappa shape index (κ2) is 7.87. The summed E-state index contributed by atoms with van der Waals surface area (Å²) in [4.78, 5) is 0.105. The van der Waals surface area contributed by atoms with Crippen molar-refractivity contribution in [1.29, 1.82) is 0 Å². The summed E-state index contributed by atoms with van der Waals surface area (Å²) < 4.78 is 40.6. The Morgan fingerprint density at radius 3 is 2.43 bits per heavy atom. The topological polar surface area (TPSA) is 58.2 Å². The molecule has 1 aromatic rings. The van der Waals surface area contributed by atoms with E-state index in [-0.39, 0.29) is 10.9 Å². The Morgan fingerprint density at radius 2 is 1.86 bits per heavy atom. The first-order valence-electron chi connectivity index (χ1n) is 7.24. The van der Waals surface area contributed by atoms with Crippen LogP contribution >= 0.6 is 0 Å². The molecule has 0 saturated carbocycles. The summed E-state index contributed by atoms with van der Waals surface area (Å²) in [7, 11) is -3.58. The maximum absolute atomic E-state index is 13.7. The fourth-order valence-electron chi connectivity index (χ4n) is 1.73. The van der Waals surface area contributed by atoms with E-state index in [9.17, 15) is 12.8 Å². The zero-order valence-electron chi connectivity index (χ0n) is 13.1. The van der Waals surface area contributed by atoms with E-state index in [1.807, 2.05) is 27.7 Å². The van der Waals surface area contributed by atoms with Crippen LogP contribution in [-0.2, 0) is 16.6 Å². The number of halogens is 1. The lowest BCUT2D eigenvalue weighted by Gasteiger charge is -2.12. The van der Waals surface area contributed by atoms with Gasteiger partial charge in [-0.2, -0.15) is 0 Å². The summed E-state index contributed by atoms with van der Waals surface area (Å²) in [6.07, 6.45) is 0.766. The Labute approximate surface area is 127 Å². The standard InChI is InChI=1S/C15H25FN2O2S/c1-11(2)7-8-18-21(19,20)14-5-6-15(16)13(9-14)10-17-12(3)4/h5-6,9,11-12,17-18H,7-8,10H2,1-4H3. The molecule has 0 saturated heterocycles. The van der Waals surface area contributed by atoms with Crippen molar-refractivity contribution in [3.8, 4) is 0 Å². The Balaban J connectivity index is 2.84. The van der Waals surface area contributed by atoms with Gasteiger partial charge in [0, 0.05) is 24.7 Å². The normalized spacial score (nSPS) is 12.3. The summed E-state index contributed by atoms with van der Waals surface area (Å²) in [6.45, 7) is 8.65. The molecule has 0 aromatic heterocycles. The minimum absolute atomic E-state index is 0.105. The molecule has 21 heavy (non-hydrogen) atoms. The maximum atomic E-state index is 13.7. The third-order valence-electron chi connectivity index (χ3n) is 3.04. The number of hydrogen-bond acceptors (Lipinski definition) is 3. The SMILES string of the molecule is CC(C)CCNS(=O)(=O)c1ccc(F)c(CNC(C)C)c1. The summed E-state index contributed by atoms with van der Waals surface area (Å²) in [5.74, 6) is 0.0241. The molecule has 0 atom stereocenters. The Morgan fingerprint density at radius 1 is 1.19 bits per heavy atom. The third-order valence-corrected chi connectivity index (χ3v) is 4.50. The summed E-state index contributed by atoms with van der Waals surface area (Å²) >= 11 is 0. The van der Waals surface area contributed by atoms with Gasteiger partial charge in [-0.15, -0.1) is 0 Å². The zero-order valence-corrected chi connectivity index (χ0v) is 13.9. The summed E-state index contributed by atoms with van der Waals surface area (Å²) in [6, 6.07) is 4.09. The van der Waals surface area contributed by atoms with E-state index in [1.54, 1.807) is 0 Å². The van der Waals surface area contributed by atoms with Crippen LogP contribution < -0.4 is 10.0 Å². The molecular weight excluding hydrogens is 291 g/mol. The average Bonchev–Trinajstić information content (AvgIpc) is 2.36. The molecule has 0 bridgehead atoms. The van der Waals surface area contributed by atoms with Gasteiger partial charge in [0.1, 0.15) is 5.82 Å². The van der Waals surface area contributed by atoms with Crippen LogP contribution in [0.15, 0.2) is 23.1 Å². The van der Waals surface area contributed by atoms with Gasteiger partial charge < -0.3 is 5.32 Å². The molecule has 0 aliphatic rings. The van der Waals surface area contributed by atoms with Gasteiger partial charge in [-0.05, 0) is 30.5 Å². The number of hydrogen-bond donors (Lipinski definition) is 2. The highest BCUT2D eigenvalue weighted by atomic mass is 32.2. The molecule has 2 N–H and O–H groups in total. The largest absolute Gasteiger partial charge is 0.310 e. The van der Waals surface area contributed by atoms with E-state index in [2.05, 4.69) is 10.0 Å². The van der Waals surface area contributed by atoms with E-state index < -0.39 is 15.8 Å². The van der Waals surface area contributed by atoms with E-state index in [0.717, 1.165) is 6.42 Å². The second-order valence-corrected chi connectivity index (χ2v) is 7.64. The Bertz CT molecular complexity index is 557. The first kappa shape index (κ1) is 18.1. The van der Waals surface area contributed by atoms with E-state index in [1.165, 1.54) is 18.2 Å². The van der Waals surface area contributed by atoms with Gasteiger partial charge in [0.2, 0.25) is 10.0 Å². The molecule has 0 unspecified atom stereocenters. The molecule has 6 heteroatoms. The van der Waals surface area contributed by atoms with Crippen molar-refractivity contribution in [1.82, 2.24) is 10.0 Å².